The number of carbonyl (C=O) groups is 1. The predicted molar refractivity (Wildman–Crippen MR) is 45.0 cm³/mol. The summed E-state index contributed by atoms with van der Waals surface area (Å²) in [5, 5.41) is 20.5. The lowest BCUT2D eigenvalue weighted by Crippen LogP contribution is -2.19. The predicted octanol–water partition coefficient (Wildman–Crippen LogP) is -0.261. The smallest absolute Gasteiger partial charge is 0.349 e. The van der Waals surface area contributed by atoms with Gasteiger partial charge in [0.05, 0.1) is 6.26 Å². The van der Waals surface area contributed by atoms with Crippen LogP contribution in [0.4, 0.5) is 0 Å². The van der Waals surface area contributed by atoms with E-state index in [1.807, 2.05) is 0 Å². The molecule has 2 rings (SSSR count). The van der Waals surface area contributed by atoms with Crippen LogP contribution in [0.5, 0.6) is 0 Å². The second-order valence-electron chi connectivity index (χ2n) is 2.17. The van der Waals surface area contributed by atoms with Crippen molar-refractivity contribution in [2.45, 2.75) is 6.10 Å². The van der Waals surface area contributed by atoms with Crippen molar-refractivity contribution in [2.75, 3.05) is 0 Å². The Hall–Kier alpha value is -2.18. The van der Waals surface area contributed by atoms with Crippen LogP contribution >= 0.6 is 0 Å². The fraction of sp³-hybridized carbons (Fsp3) is 0.143. The van der Waals surface area contributed by atoms with Gasteiger partial charge in [-0.15, -0.1) is 10.2 Å². The second-order valence-corrected chi connectivity index (χ2v) is 2.17. The van der Waals surface area contributed by atoms with Crippen molar-refractivity contribution < 1.29 is 14.6 Å². The molecule has 0 aromatic carbocycles. The van der Waals surface area contributed by atoms with Crippen LogP contribution in [0.25, 0.3) is 0 Å². The molecule has 0 spiro atoms. The summed E-state index contributed by atoms with van der Waals surface area (Å²) in [5.41, 5.74) is 0. The molecule has 7 nitrogen and oxygen atoms in total. The van der Waals surface area contributed by atoms with Crippen molar-refractivity contribution in [3.8, 4) is 0 Å². The lowest BCUT2D eigenvalue weighted by Gasteiger charge is -2.08. The van der Waals surface area contributed by atoms with Gasteiger partial charge in [0.15, 0.2) is 6.33 Å². The molecule has 0 radical (unpaired) electrons. The number of aromatic amines is 1. The Balaban J connectivity index is 0.000000165. The number of hydrogen-bond donors (Lipinski definition) is 2. The number of ether oxygens (including phenoxy) is 1. The first-order valence-electron chi connectivity index (χ1n) is 3.68. The average Bonchev–Trinajstić information content (AvgIpc) is 2.77. The molecule has 1 aromatic rings. The average molecular weight is 196 g/mol. The molecule has 1 unspecified atom stereocenters. The van der Waals surface area contributed by atoms with Gasteiger partial charge in [-0.25, -0.2) is 4.79 Å². The Morgan fingerprint density at radius 2 is 2.36 bits per heavy atom. The number of carboxylic acids is 1. The Labute approximate surface area is 79.1 Å². The van der Waals surface area contributed by atoms with Crippen molar-refractivity contribution in [3.63, 3.8) is 0 Å². The molecule has 2 N–H and O–H groups in total. The zero-order valence-corrected chi connectivity index (χ0v) is 7.07. The molecule has 74 valence electrons. The summed E-state index contributed by atoms with van der Waals surface area (Å²) in [5.74, 6) is -0.962. The Kier molecular flexibility index (Phi) is 3.86. The number of nitrogens with one attached hydrogen (secondary N) is 1. The summed E-state index contributed by atoms with van der Waals surface area (Å²) in [6, 6.07) is 0. The van der Waals surface area contributed by atoms with Crippen LogP contribution in [0.1, 0.15) is 0 Å². The van der Waals surface area contributed by atoms with Crippen LogP contribution in [-0.2, 0) is 9.53 Å². The van der Waals surface area contributed by atoms with E-state index < -0.39 is 12.1 Å². The number of rotatable bonds is 1. The zero-order chi connectivity index (χ0) is 10.2. The molecule has 7 heteroatoms. The van der Waals surface area contributed by atoms with Gasteiger partial charge in [-0.3, -0.25) is 0 Å². The van der Waals surface area contributed by atoms with E-state index in [4.69, 9.17) is 5.11 Å². The molecule has 0 amide bonds. The van der Waals surface area contributed by atoms with E-state index in [1.165, 1.54) is 18.7 Å². The topological polar surface area (TPSA) is 101 Å². The molecule has 0 aliphatic carbocycles. The van der Waals surface area contributed by atoms with Gasteiger partial charge in [0.1, 0.15) is 0 Å². The number of aliphatic carboxylic acids is 1. The van der Waals surface area contributed by atoms with Crippen molar-refractivity contribution in [1.82, 2.24) is 20.6 Å². The van der Waals surface area contributed by atoms with Crippen LogP contribution in [0.2, 0.25) is 0 Å². The van der Waals surface area contributed by atoms with Gasteiger partial charge in [0, 0.05) is 0 Å². The highest BCUT2D eigenvalue weighted by atomic mass is 16.5. The number of aromatic nitrogens is 4. The lowest BCUT2D eigenvalue weighted by molar-refractivity contribution is -0.144. The first kappa shape index (κ1) is 9.90. The molecular formula is C7H8N4O3. The molecule has 1 atom stereocenters. The number of nitrogens with zero attached hydrogens (tertiary/aromatic N) is 3. The molecule has 0 fully saturated rings. The number of tetrazole rings is 1. The van der Waals surface area contributed by atoms with E-state index in [0.717, 1.165) is 0 Å². The summed E-state index contributed by atoms with van der Waals surface area (Å²) < 4.78 is 4.67. The molecule has 1 aliphatic heterocycles. The van der Waals surface area contributed by atoms with Gasteiger partial charge >= 0.3 is 5.97 Å². The van der Waals surface area contributed by atoms with E-state index in [2.05, 4.69) is 25.4 Å². The van der Waals surface area contributed by atoms with Crippen molar-refractivity contribution in [2.24, 2.45) is 0 Å². The molecular weight excluding hydrogens is 188 g/mol. The monoisotopic (exact) mass is 196 g/mol. The van der Waals surface area contributed by atoms with Gasteiger partial charge in [0.2, 0.25) is 6.10 Å². The van der Waals surface area contributed by atoms with Crippen molar-refractivity contribution >= 4 is 5.97 Å². The third-order valence-electron chi connectivity index (χ3n) is 1.21. The maximum Gasteiger partial charge on any atom is 0.349 e. The number of allylic oxidation sites excluding steroid dienone is 2. The quantitative estimate of drug-likeness (QED) is 0.641. The highest BCUT2D eigenvalue weighted by molar-refractivity contribution is 5.75. The van der Waals surface area contributed by atoms with Crippen LogP contribution in [-0.4, -0.2) is 37.8 Å². The van der Waals surface area contributed by atoms with Crippen molar-refractivity contribution in [1.29, 1.82) is 0 Å². The fourth-order valence-electron chi connectivity index (χ4n) is 0.655. The number of carboxylic acid groups (broad SMARTS) is 1. The summed E-state index contributed by atoms with van der Waals surface area (Å²) >= 11 is 0. The maximum atomic E-state index is 10.1. The third-order valence-corrected chi connectivity index (χ3v) is 1.21. The second kappa shape index (κ2) is 5.46. The largest absolute Gasteiger partial charge is 0.482 e. The van der Waals surface area contributed by atoms with E-state index in [0.29, 0.717) is 0 Å². The third kappa shape index (κ3) is 3.48. The van der Waals surface area contributed by atoms with E-state index in [1.54, 1.807) is 12.2 Å². The summed E-state index contributed by atoms with van der Waals surface area (Å²) in [6.45, 7) is 0. The van der Waals surface area contributed by atoms with Crippen LogP contribution in [0.15, 0.2) is 30.8 Å². The van der Waals surface area contributed by atoms with E-state index in [9.17, 15) is 4.79 Å². The standard InChI is InChI=1S/C6H6O3.CH2N4/c7-6(8)5-3-1-2-4-9-5;1-2-4-5-3-1/h1-5H,(H,7,8);1H,(H,2,3,4,5). The summed E-state index contributed by atoms with van der Waals surface area (Å²) in [7, 11) is 0. The maximum absolute atomic E-state index is 10.1. The van der Waals surface area contributed by atoms with Gasteiger partial charge < -0.3 is 9.84 Å². The molecule has 0 bridgehead atoms. The normalized spacial score (nSPS) is 17.9. The minimum Gasteiger partial charge on any atom is -0.482 e. The summed E-state index contributed by atoms with van der Waals surface area (Å²) in [4.78, 5) is 10.1. The number of H-pyrrole nitrogens is 1. The van der Waals surface area contributed by atoms with E-state index >= 15 is 0 Å². The van der Waals surface area contributed by atoms with Crippen LogP contribution < -0.4 is 0 Å². The Morgan fingerprint density at radius 3 is 2.64 bits per heavy atom. The lowest BCUT2D eigenvalue weighted by atomic mass is 10.3. The molecule has 1 aliphatic rings. The first-order valence-corrected chi connectivity index (χ1v) is 3.68. The Bertz CT molecular complexity index is 302. The minimum atomic E-state index is -0.962. The summed E-state index contributed by atoms with van der Waals surface area (Å²) in [6.07, 6.45) is 6.65. The number of hydrogen-bond acceptors (Lipinski definition) is 5. The highest BCUT2D eigenvalue weighted by Gasteiger charge is 2.13. The van der Waals surface area contributed by atoms with Crippen molar-refractivity contribution in [3.05, 3.63) is 30.8 Å². The van der Waals surface area contributed by atoms with Gasteiger partial charge in [-0.2, -0.15) is 5.21 Å². The molecule has 0 saturated carbocycles. The first-order chi connectivity index (χ1) is 6.80. The molecule has 2 heterocycles. The molecule has 14 heavy (non-hydrogen) atoms. The van der Waals surface area contributed by atoms with Crippen LogP contribution in [0, 0.1) is 0 Å². The van der Waals surface area contributed by atoms with Gasteiger partial charge in [-0.05, 0) is 12.2 Å². The SMILES string of the molecule is O=C(O)C1C=CC=CO1.c1nn[nH]n1. The highest BCUT2D eigenvalue weighted by Crippen LogP contribution is 2.00. The molecule has 1 aromatic heterocycles. The minimum absolute atomic E-state index is 0.796. The van der Waals surface area contributed by atoms with E-state index in [-0.39, 0.29) is 0 Å². The van der Waals surface area contributed by atoms with Gasteiger partial charge in [-0.1, -0.05) is 11.3 Å². The fourth-order valence-corrected chi connectivity index (χ4v) is 0.655. The molecule has 0 saturated heterocycles. The van der Waals surface area contributed by atoms with Crippen LogP contribution in [0.3, 0.4) is 0 Å². The zero-order valence-electron chi connectivity index (χ0n) is 7.07. The van der Waals surface area contributed by atoms with Gasteiger partial charge in [0.25, 0.3) is 0 Å². The Morgan fingerprint density at radius 1 is 1.50 bits per heavy atom.